The van der Waals surface area contributed by atoms with E-state index in [2.05, 4.69) is 20.7 Å². The van der Waals surface area contributed by atoms with Gasteiger partial charge < -0.3 is 4.90 Å². The van der Waals surface area contributed by atoms with Gasteiger partial charge in [-0.15, -0.1) is 0 Å². The number of hydrogen-bond acceptors (Lipinski definition) is 3. The molecule has 2 rings (SSSR count). The fraction of sp³-hybridized carbons (Fsp3) is 0.533. The van der Waals surface area contributed by atoms with Crippen molar-refractivity contribution in [3.63, 3.8) is 0 Å². The van der Waals surface area contributed by atoms with Crippen LogP contribution in [0.2, 0.25) is 0 Å². The van der Waals surface area contributed by atoms with Gasteiger partial charge in [0.1, 0.15) is 0 Å². The van der Waals surface area contributed by atoms with Gasteiger partial charge in [-0.05, 0) is 53.4 Å². The Bertz CT molecular complexity index is 688. The molecule has 5 nitrogen and oxygen atoms in total. The molecule has 7 heteroatoms. The summed E-state index contributed by atoms with van der Waals surface area (Å²) in [4.78, 5) is 13.8. The van der Waals surface area contributed by atoms with Crippen LogP contribution in [0.4, 0.5) is 5.69 Å². The second-order valence-electron chi connectivity index (χ2n) is 5.49. The molecule has 1 aliphatic heterocycles. The number of benzene rings is 1. The molecule has 1 unspecified atom stereocenters. The summed E-state index contributed by atoms with van der Waals surface area (Å²) in [6.45, 7) is 6.16. The summed E-state index contributed by atoms with van der Waals surface area (Å²) in [6, 6.07) is 3.27. The van der Waals surface area contributed by atoms with Crippen LogP contribution in [0.25, 0.3) is 0 Å². The molecule has 0 saturated carbocycles. The fourth-order valence-electron chi connectivity index (χ4n) is 2.46. The molecule has 1 aromatic rings. The first-order chi connectivity index (χ1) is 10.3. The van der Waals surface area contributed by atoms with E-state index in [1.165, 1.54) is 0 Å². The summed E-state index contributed by atoms with van der Waals surface area (Å²) in [5.41, 5.74) is 1.70. The Morgan fingerprint density at radius 2 is 2.09 bits per heavy atom. The molecule has 0 saturated heterocycles. The topological polar surface area (TPSA) is 66.5 Å². The Balaban J connectivity index is 2.45. The van der Waals surface area contributed by atoms with E-state index in [0.29, 0.717) is 29.5 Å². The van der Waals surface area contributed by atoms with E-state index in [0.717, 1.165) is 12.0 Å². The van der Waals surface area contributed by atoms with Gasteiger partial charge in [0.15, 0.2) is 0 Å². The Morgan fingerprint density at radius 3 is 2.68 bits per heavy atom. The van der Waals surface area contributed by atoms with Crippen LogP contribution in [0.15, 0.2) is 21.5 Å². The van der Waals surface area contributed by atoms with Crippen LogP contribution >= 0.6 is 15.9 Å². The van der Waals surface area contributed by atoms with Crippen molar-refractivity contribution in [1.29, 1.82) is 0 Å². The molecule has 1 N–H and O–H groups in total. The zero-order valence-corrected chi connectivity index (χ0v) is 15.4. The fourth-order valence-corrected chi connectivity index (χ4v) is 4.89. The van der Waals surface area contributed by atoms with Gasteiger partial charge in [-0.25, -0.2) is 13.1 Å². The number of sulfonamides is 1. The first-order valence-corrected chi connectivity index (χ1v) is 9.72. The smallest absolute Gasteiger partial charge is 0.242 e. The van der Waals surface area contributed by atoms with E-state index in [9.17, 15) is 13.2 Å². The van der Waals surface area contributed by atoms with E-state index in [4.69, 9.17) is 0 Å². The number of nitrogens with one attached hydrogen (secondary N) is 1. The standard InChI is InChI=1S/C15H21BrN2O3S/c1-4-10(3)17-22(20,21)14-9-13-11(8-12(14)16)6-7-18(13)15(19)5-2/h8-10,17H,4-7H2,1-3H3. The minimum absolute atomic E-state index is 0.0132. The molecule has 0 spiro atoms. The molecular weight excluding hydrogens is 368 g/mol. The molecule has 0 aromatic heterocycles. The van der Waals surface area contributed by atoms with Crippen LogP contribution in [-0.2, 0) is 21.2 Å². The van der Waals surface area contributed by atoms with Gasteiger partial charge in [0, 0.05) is 29.2 Å². The Hall–Kier alpha value is -0.920. The summed E-state index contributed by atoms with van der Waals surface area (Å²) in [6.07, 6.45) is 1.86. The monoisotopic (exact) mass is 388 g/mol. The average molecular weight is 389 g/mol. The minimum atomic E-state index is -3.61. The lowest BCUT2D eigenvalue weighted by Crippen LogP contribution is -2.32. The van der Waals surface area contributed by atoms with E-state index in [-0.39, 0.29) is 16.8 Å². The molecule has 1 heterocycles. The average Bonchev–Trinajstić information content (AvgIpc) is 2.87. The lowest BCUT2D eigenvalue weighted by molar-refractivity contribution is -0.118. The molecule has 122 valence electrons. The summed E-state index contributed by atoms with van der Waals surface area (Å²) >= 11 is 3.35. The third-order valence-electron chi connectivity index (χ3n) is 3.89. The molecule has 0 aliphatic carbocycles. The van der Waals surface area contributed by atoms with Crippen molar-refractivity contribution in [1.82, 2.24) is 4.72 Å². The van der Waals surface area contributed by atoms with Crippen molar-refractivity contribution in [3.05, 3.63) is 22.2 Å². The number of carbonyl (C=O) groups excluding carboxylic acids is 1. The molecule has 0 radical (unpaired) electrons. The maximum Gasteiger partial charge on any atom is 0.242 e. The van der Waals surface area contributed by atoms with E-state index in [1.807, 2.05) is 19.9 Å². The lowest BCUT2D eigenvalue weighted by Gasteiger charge is -2.19. The summed E-state index contributed by atoms with van der Waals surface area (Å²) in [5.74, 6) is 0.0132. The van der Waals surface area contributed by atoms with Crippen LogP contribution < -0.4 is 9.62 Å². The van der Waals surface area contributed by atoms with E-state index in [1.54, 1.807) is 17.9 Å². The van der Waals surface area contributed by atoms with Gasteiger partial charge in [0.2, 0.25) is 15.9 Å². The van der Waals surface area contributed by atoms with Gasteiger partial charge in [0.25, 0.3) is 0 Å². The first kappa shape index (κ1) is 17.4. The normalized spacial score (nSPS) is 15.7. The van der Waals surface area contributed by atoms with E-state index < -0.39 is 10.0 Å². The van der Waals surface area contributed by atoms with Crippen LogP contribution in [0.3, 0.4) is 0 Å². The highest BCUT2D eigenvalue weighted by Crippen LogP contribution is 2.35. The predicted molar refractivity (Wildman–Crippen MR) is 90.6 cm³/mol. The van der Waals surface area contributed by atoms with Crippen LogP contribution in [0, 0.1) is 0 Å². The second kappa shape index (κ2) is 6.68. The number of nitrogens with zero attached hydrogens (tertiary/aromatic N) is 1. The minimum Gasteiger partial charge on any atom is -0.312 e. The number of rotatable bonds is 5. The van der Waals surface area contributed by atoms with Gasteiger partial charge in [-0.2, -0.15) is 0 Å². The summed E-state index contributed by atoms with van der Waals surface area (Å²) in [7, 11) is -3.61. The number of halogens is 1. The van der Waals surface area contributed by atoms with Crippen molar-refractivity contribution in [2.24, 2.45) is 0 Å². The Morgan fingerprint density at radius 1 is 1.41 bits per heavy atom. The van der Waals surface area contributed by atoms with E-state index >= 15 is 0 Å². The zero-order chi connectivity index (χ0) is 16.5. The number of hydrogen-bond donors (Lipinski definition) is 1. The Kier molecular flexibility index (Phi) is 5.29. The maximum absolute atomic E-state index is 12.5. The van der Waals surface area contributed by atoms with Crippen LogP contribution in [0.1, 0.15) is 39.2 Å². The summed E-state index contributed by atoms with van der Waals surface area (Å²) < 4.78 is 28.2. The first-order valence-electron chi connectivity index (χ1n) is 7.45. The van der Waals surface area contributed by atoms with Gasteiger partial charge >= 0.3 is 0 Å². The number of carbonyl (C=O) groups is 1. The molecular formula is C15H21BrN2O3S. The largest absolute Gasteiger partial charge is 0.312 e. The van der Waals surface area contributed by atoms with Crippen molar-refractivity contribution in [2.45, 2.75) is 51.0 Å². The molecule has 1 amide bonds. The number of anilines is 1. The van der Waals surface area contributed by atoms with Crippen molar-refractivity contribution in [3.8, 4) is 0 Å². The highest BCUT2D eigenvalue weighted by atomic mass is 79.9. The van der Waals surface area contributed by atoms with Crippen molar-refractivity contribution in [2.75, 3.05) is 11.4 Å². The van der Waals surface area contributed by atoms with Gasteiger partial charge in [-0.3, -0.25) is 4.79 Å². The molecule has 22 heavy (non-hydrogen) atoms. The molecule has 1 aromatic carbocycles. The molecule has 0 bridgehead atoms. The van der Waals surface area contributed by atoms with Crippen molar-refractivity contribution < 1.29 is 13.2 Å². The van der Waals surface area contributed by atoms with Crippen LogP contribution in [0.5, 0.6) is 0 Å². The SMILES string of the molecule is CCC(=O)N1CCc2cc(Br)c(S(=O)(=O)NC(C)CC)cc21. The summed E-state index contributed by atoms with van der Waals surface area (Å²) in [5, 5.41) is 0. The van der Waals surface area contributed by atoms with Gasteiger partial charge in [-0.1, -0.05) is 13.8 Å². The predicted octanol–water partition coefficient (Wildman–Crippen LogP) is 2.83. The third-order valence-corrected chi connectivity index (χ3v) is 6.44. The van der Waals surface area contributed by atoms with Crippen molar-refractivity contribution >= 4 is 37.5 Å². The number of amides is 1. The third kappa shape index (κ3) is 3.36. The maximum atomic E-state index is 12.5. The molecule has 0 fully saturated rings. The molecule has 1 aliphatic rings. The lowest BCUT2D eigenvalue weighted by atomic mass is 10.2. The zero-order valence-electron chi connectivity index (χ0n) is 13.0. The molecule has 1 atom stereocenters. The highest BCUT2D eigenvalue weighted by molar-refractivity contribution is 9.10. The quantitative estimate of drug-likeness (QED) is 0.842. The second-order valence-corrected chi connectivity index (χ2v) is 8.03. The highest BCUT2D eigenvalue weighted by Gasteiger charge is 2.28. The number of fused-ring (bicyclic) bond motifs is 1. The van der Waals surface area contributed by atoms with Gasteiger partial charge in [0.05, 0.1) is 4.90 Å². The Labute approximate surface area is 140 Å². The van der Waals surface area contributed by atoms with Crippen LogP contribution in [-0.4, -0.2) is 26.9 Å².